The van der Waals surface area contributed by atoms with Gasteiger partial charge in [-0.3, -0.25) is 4.68 Å². The zero-order valence-electron chi connectivity index (χ0n) is 6.93. The summed E-state index contributed by atoms with van der Waals surface area (Å²) in [5.41, 5.74) is 0. The van der Waals surface area contributed by atoms with Crippen molar-refractivity contribution in [1.82, 2.24) is 9.78 Å². The molecular weight excluding hydrogens is 207 g/mol. The Balaban J connectivity index is 2.53. The van der Waals surface area contributed by atoms with Crippen molar-refractivity contribution in [3.05, 3.63) is 18.5 Å². The van der Waals surface area contributed by atoms with E-state index in [9.17, 15) is 22.0 Å². The lowest BCUT2D eigenvalue weighted by Crippen LogP contribution is -2.37. The first-order valence-corrected chi connectivity index (χ1v) is 3.75. The molecule has 0 amide bonds. The summed E-state index contributed by atoms with van der Waals surface area (Å²) in [6.45, 7) is -0.459. The fraction of sp³-hybridized carbons (Fsp3) is 0.571. The predicted octanol–water partition coefficient (Wildman–Crippen LogP) is 2.47. The topological polar surface area (TPSA) is 17.8 Å². The van der Waals surface area contributed by atoms with Crippen LogP contribution in [0.1, 0.15) is 6.42 Å². The maximum absolute atomic E-state index is 12.4. The number of rotatable bonds is 3. The highest BCUT2D eigenvalue weighted by Gasteiger charge is 2.56. The van der Waals surface area contributed by atoms with Gasteiger partial charge >= 0.3 is 12.1 Å². The number of nitrogens with zero attached hydrogens (tertiary/aromatic N) is 2. The smallest absolute Gasteiger partial charge is 0.273 e. The Bertz CT molecular complexity index is 277. The van der Waals surface area contributed by atoms with Crippen molar-refractivity contribution < 1.29 is 22.0 Å². The molecule has 2 nitrogen and oxygen atoms in total. The average Bonchev–Trinajstić information content (AvgIpc) is 2.50. The summed E-state index contributed by atoms with van der Waals surface area (Å²) in [7, 11) is 0. The Labute approximate surface area is 76.3 Å². The van der Waals surface area contributed by atoms with Gasteiger partial charge in [-0.15, -0.1) is 0 Å². The van der Waals surface area contributed by atoms with Gasteiger partial charge in [0, 0.05) is 25.4 Å². The van der Waals surface area contributed by atoms with Gasteiger partial charge in [-0.05, 0) is 6.07 Å². The summed E-state index contributed by atoms with van der Waals surface area (Å²) < 4.78 is 60.8. The van der Waals surface area contributed by atoms with E-state index < -0.39 is 25.1 Å². The monoisotopic (exact) mass is 214 g/mol. The van der Waals surface area contributed by atoms with Gasteiger partial charge in [0.25, 0.3) is 0 Å². The van der Waals surface area contributed by atoms with E-state index in [2.05, 4.69) is 5.10 Å². The third kappa shape index (κ3) is 2.43. The lowest BCUT2D eigenvalue weighted by Gasteiger charge is -2.19. The molecule has 0 unspecified atom stereocenters. The van der Waals surface area contributed by atoms with Crippen molar-refractivity contribution in [1.29, 1.82) is 0 Å². The zero-order valence-corrected chi connectivity index (χ0v) is 6.93. The number of halogens is 5. The van der Waals surface area contributed by atoms with Crippen molar-refractivity contribution in [2.75, 3.05) is 0 Å². The Morgan fingerprint density at radius 2 is 1.79 bits per heavy atom. The Hall–Kier alpha value is -1.14. The molecule has 0 spiro atoms. The molecule has 0 atom stereocenters. The van der Waals surface area contributed by atoms with E-state index in [1.807, 2.05) is 0 Å². The molecule has 1 aromatic rings. The third-order valence-corrected chi connectivity index (χ3v) is 1.63. The summed E-state index contributed by atoms with van der Waals surface area (Å²) in [6, 6.07) is 1.45. The highest BCUT2D eigenvalue weighted by Crippen LogP contribution is 2.38. The first-order chi connectivity index (χ1) is 6.33. The zero-order chi connectivity index (χ0) is 10.8. The maximum Gasteiger partial charge on any atom is 0.453 e. The molecule has 0 fully saturated rings. The number of hydrogen-bond donors (Lipinski definition) is 0. The largest absolute Gasteiger partial charge is 0.453 e. The van der Waals surface area contributed by atoms with Crippen LogP contribution in [0.15, 0.2) is 18.5 Å². The van der Waals surface area contributed by atoms with E-state index >= 15 is 0 Å². The van der Waals surface area contributed by atoms with Crippen LogP contribution in [0, 0.1) is 0 Å². The average molecular weight is 214 g/mol. The fourth-order valence-corrected chi connectivity index (χ4v) is 0.829. The van der Waals surface area contributed by atoms with Crippen molar-refractivity contribution in [2.45, 2.75) is 25.1 Å². The SMILES string of the molecule is FC(F)(F)C(F)(F)CCn1cccn1. The number of aromatic nitrogens is 2. The molecule has 0 aliphatic carbocycles. The molecule has 14 heavy (non-hydrogen) atoms. The summed E-state index contributed by atoms with van der Waals surface area (Å²) >= 11 is 0. The minimum Gasteiger partial charge on any atom is -0.273 e. The van der Waals surface area contributed by atoms with Gasteiger partial charge in [-0.2, -0.15) is 27.1 Å². The van der Waals surface area contributed by atoms with Gasteiger partial charge in [-0.1, -0.05) is 0 Å². The van der Waals surface area contributed by atoms with Crippen LogP contribution >= 0.6 is 0 Å². The Kier molecular flexibility index (Phi) is 2.77. The molecule has 1 heterocycles. The van der Waals surface area contributed by atoms with Gasteiger partial charge in [0.15, 0.2) is 0 Å². The van der Waals surface area contributed by atoms with Crippen LogP contribution in [0.4, 0.5) is 22.0 Å². The molecule has 80 valence electrons. The van der Waals surface area contributed by atoms with Gasteiger partial charge in [0.1, 0.15) is 0 Å². The highest BCUT2D eigenvalue weighted by molar-refractivity contribution is 4.80. The number of hydrogen-bond acceptors (Lipinski definition) is 1. The second-order valence-corrected chi connectivity index (χ2v) is 2.72. The van der Waals surface area contributed by atoms with Crippen LogP contribution < -0.4 is 0 Å². The molecule has 0 saturated carbocycles. The molecule has 7 heteroatoms. The van der Waals surface area contributed by atoms with E-state index in [4.69, 9.17) is 0 Å². The lowest BCUT2D eigenvalue weighted by atomic mass is 10.2. The van der Waals surface area contributed by atoms with Crippen LogP contribution in [0.25, 0.3) is 0 Å². The molecule has 0 bridgehead atoms. The molecule has 1 rings (SSSR count). The molecule has 1 aromatic heterocycles. The van der Waals surface area contributed by atoms with E-state index in [0.717, 1.165) is 4.68 Å². The highest BCUT2D eigenvalue weighted by atomic mass is 19.4. The van der Waals surface area contributed by atoms with Crippen LogP contribution in [0.5, 0.6) is 0 Å². The van der Waals surface area contributed by atoms with Crippen LogP contribution in [0.3, 0.4) is 0 Å². The Morgan fingerprint density at radius 3 is 2.21 bits per heavy atom. The molecule has 0 aromatic carbocycles. The second kappa shape index (κ2) is 3.55. The molecule has 0 radical (unpaired) electrons. The van der Waals surface area contributed by atoms with Crippen LogP contribution in [-0.4, -0.2) is 21.9 Å². The quantitative estimate of drug-likeness (QED) is 0.706. The van der Waals surface area contributed by atoms with Gasteiger partial charge in [0.05, 0.1) is 0 Å². The fourth-order valence-electron chi connectivity index (χ4n) is 0.829. The van der Waals surface area contributed by atoms with E-state index in [1.165, 1.54) is 18.5 Å². The van der Waals surface area contributed by atoms with Crippen molar-refractivity contribution in [2.24, 2.45) is 0 Å². The summed E-state index contributed by atoms with van der Waals surface area (Å²) in [4.78, 5) is 0. The van der Waals surface area contributed by atoms with Crippen LogP contribution in [0.2, 0.25) is 0 Å². The summed E-state index contributed by atoms with van der Waals surface area (Å²) in [6.07, 6.45) is -4.14. The Morgan fingerprint density at radius 1 is 1.14 bits per heavy atom. The van der Waals surface area contributed by atoms with Crippen LogP contribution in [-0.2, 0) is 6.54 Å². The normalized spacial score (nSPS) is 13.2. The molecule has 0 N–H and O–H groups in total. The minimum absolute atomic E-state index is 0.459. The van der Waals surface area contributed by atoms with Gasteiger partial charge in [-0.25, -0.2) is 0 Å². The van der Waals surface area contributed by atoms with Gasteiger partial charge in [0.2, 0.25) is 0 Å². The summed E-state index contributed by atoms with van der Waals surface area (Å²) in [5.74, 6) is -4.65. The molecule has 0 aliphatic heterocycles. The maximum atomic E-state index is 12.4. The predicted molar refractivity (Wildman–Crippen MR) is 37.8 cm³/mol. The van der Waals surface area contributed by atoms with Crippen molar-refractivity contribution in [3.63, 3.8) is 0 Å². The first-order valence-electron chi connectivity index (χ1n) is 3.75. The number of aryl methyl sites for hydroxylation is 1. The summed E-state index contributed by atoms with van der Waals surface area (Å²) in [5, 5.41) is 3.52. The molecular formula is C7H7F5N2. The van der Waals surface area contributed by atoms with E-state index in [-0.39, 0.29) is 0 Å². The third-order valence-electron chi connectivity index (χ3n) is 1.63. The number of alkyl halides is 5. The van der Waals surface area contributed by atoms with Gasteiger partial charge < -0.3 is 0 Å². The first kappa shape index (κ1) is 10.9. The van der Waals surface area contributed by atoms with E-state index in [0.29, 0.717) is 0 Å². The molecule has 0 aliphatic rings. The second-order valence-electron chi connectivity index (χ2n) is 2.72. The molecule has 0 saturated heterocycles. The minimum atomic E-state index is -5.49. The van der Waals surface area contributed by atoms with E-state index in [1.54, 1.807) is 0 Å². The van der Waals surface area contributed by atoms with Crippen molar-refractivity contribution >= 4 is 0 Å². The lowest BCUT2D eigenvalue weighted by molar-refractivity contribution is -0.285. The van der Waals surface area contributed by atoms with Crippen molar-refractivity contribution in [3.8, 4) is 0 Å². The standard InChI is InChI=1S/C7H7F5N2/c8-6(9,7(10,11)12)2-5-14-4-1-3-13-14/h1,3-4H,2,5H2.